The van der Waals surface area contributed by atoms with Gasteiger partial charge in [0.2, 0.25) is 5.91 Å². The minimum absolute atomic E-state index is 0.0301. The first-order chi connectivity index (χ1) is 9.41. The van der Waals surface area contributed by atoms with E-state index in [1.165, 1.54) is 4.90 Å². The molecule has 0 saturated carbocycles. The van der Waals surface area contributed by atoms with Gasteiger partial charge in [-0.3, -0.25) is 9.69 Å². The molecule has 0 aromatic heterocycles. The van der Waals surface area contributed by atoms with Crippen LogP contribution in [0.25, 0.3) is 0 Å². The van der Waals surface area contributed by atoms with Gasteiger partial charge in [0.15, 0.2) is 0 Å². The van der Waals surface area contributed by atoms with E-state index in [0.717, 1.165) is 12.8 Å². The van der Waals surface area contributed by atoms with E-state index in [0.29, 0.717) is 12.5 Å². The van der Waals surface area contributed by atoms with Crippen molar-refractivity contribution in [1.29, 1.82) is 0 Å². The van der Waals surface area contributed by atoms with Crippen LogP contribution in [0.3, 0.4) is 0 Å². The van der Waals surface area contributed by atoms with E-state index in [2.05, 4.69) is 12.2 Å². The molecule has 2 fully saturated rings. The molecule has 0 bridgehead atoms. The second-order valence-corrected chi connectivity index (χ2v) is 5.62. The van der Waals surface area contributed by atoms with Crippen LogP contribution in [-0.4, -0.2) is 64.5 Å². The van der Waals surface area contributed by atoms with Crippen LogP contribution in [0.15, 0.2) is 0 Å². The normalized spacial score (nSPS) is 30.9. The first-order valence-corrected chi connectivity index (χ1v) is 6.98. The standard InChI is InChI=1S/C13H21N3O4/c1-8-4-3-5-15(9(8)2)13(20)16-7-11(17)14-6-10(16)12(18)19/h8-10H,3-7H2,1-2H3,(H,14,17)(H,18,19). The number of carbonyl (C=O) groups excluding carboxylic acids is 2. The highest BCUT2D eigenvalue weighted by Gasteiger charge is 2.39. The Balaban J connectivity index is 2.16. The summed E-state index contributed by atoms with van der Waals surface area (Å²) < 4.78 is 0. The minimum atomic E-state index is -1.09. The minimum Gasteiger partial charge on any atom is -0.480 e. The summed E-state index contributed by atoms with van der Waals surface area (Å²) in [5, 5.41) is 11.7. The van der Waals surface area contributed by atoms with E-state index in [-0.39, 0.29) is 31.1 Å². The lowest BCUT2D eigenvalue weighted by molar-refractivity contribution is -0.144. The van der Waals surface area contributed by atoms with Crippen molar-refractivity contribution < 1.29 is 19.5 Å². The SMILES string of the molecule is CC1CCCN(C(=O)N2CC(=O)NCC2C(=O)O)C1C. The van der Waals surface area contributed by atoms with Crippen LogP contribution in [0, 0.1) is 5.92 Å². The van der Waals surface area contributed by atoms with Crippen LogP contribution >= 0.6 is 0 Å². The van der Waals surface area contributed by atoms with E-state index in [9.17, 15) is 19.5 Å². The molecule has 0 radical (unpaired) electrons. The Bertz CT molecular complexity index is 426. The van der Waals surface area contributed by atoms with Crippen molar-refractivity contribution in [2.75, 3.05) is 19.6 Å². The molecule has 20 heavy (non-hydrogen) atoms. The first-order valence-electron chi connectivity index (χ1n) is 6.98. The molecule has 0 aromatic rings. The van der Waals surface area contributed by atoms with Gasteiger partial charge in [-0.25, -0.2) is 9.59 Å². The molecule has 2 saturated heterocycles. The van der Waals surface area contributed by atoms with Crippen LogP contribution in [-0.2, 0) is 9.59 Å². The molecule has 2 N–H and O–H groups in total. The van der Waals surface area contributed by atoms with E-state index in [1.807, 2.05) is 6.92 Å². The van der Waals surface area contributed by atoms with Crippen LogP contribution in [0.2, 0.25) is 0 Å². The molecule has 0 aromatic carbocycles. The van der Waals surface area contributed by atoms with E-state index in [1.54, 1.807) is 4.90 Å². The average molecular weight is 283 g/mol. The predicted molar refractivity (Wildman–Crippen MR) is 71.1 cm³/mol. The van der Waals surface area contributed by atoms with Gasteiger partial charge in [0.05, 0.1) is 0 Å². The number of carboxylic acids is 1. The number of likely N-dealkylation sites (tertiary alicyclic amines) is 1. The summed E-state index contributed by atoms with van der Waals surface area (Å²) >= 11 is 0. The highest BCUT2D eigenvalue weighted by molar-refractivity contribution is 5.90. The Kier molecular flexibility index (Phi) is 4.15. The van der Waals surface area contributed by atoms with E-state index < -0.39 is 12.0 Å². The molecular formula is C13H21N3O4. The number of hydrogen-bond acceptors (Lipinski definition) is 3. The molecule has 0 aliphatic carbocycles. The Morgan fingerprint density at radius 1 is 1.30 bits per heavy atom. The second kappa shape index (κ2) is 5.68. The van der Waals surface area contributed by atoms with E-state index >= 15 is 0 Å². The molecule has 7 heteroatoms. The third-order valence-corrected chi connectivity index (χ3v) is 4.33. The molecule has 2 aliphatic heterocycles. The maximum atomic E-state index is 12.6. The van der Waals surface area contributed by atoms with Crippen molar-refractivity contribution in [3.05, 3.63) is 0 Å². The van der Waals surface area contributed by atoms with Gasteiger partial charge in [-0.2, -0.15) is 0 Å². The molecule has 3 atom stereocenters. The topological polar surface area (TPSA) is 90.0 Å². The summed E-state index contributed by atoms with van der Waals surface area (Å²) in [6, 6.07) is -1.26. The van der Waals surface area contributed by atoms with Crippen LogP contribution in [0.1, 0.15) is 26.7 Å². The van der Waals surface area contributed by atoms with Crippen molar-refractivity contribution in [3.63, 3.8) is 0 Å². The van der Waals surface area contributed by atoms with Crippen LogP contribution in [0.4, 0.5) is 4.79 Å². The summed E-state index contributed by atoms with van der Waals surface area (Å²) in [6.07, 6.45) is 1.98. The number of carbonyl (C=O) groups is 3. The predicted octanol–water partition coefficient (Wildman–Crippen LogP) is 0.112. The zero-order valence-electron chi connectivity index (χ0n) is 11.8. The number of nitrogens with one attached hydrogen (secondary N) is 1. The number of piperazine rings is 1. The number of piperidine rings is 1. The maximum absolute atomic E-state index is 12.6. The number of urea groups is 1. The summed E-state index contributed by atoms with van der Waals surface area (Å²) in [7, 11) is 0. The summed E-state index contributed by atoms with van der Waals surface area (Å²) in [4.78, 5) is 38.2. The average Bonchev–Trinajstić information content (AvgIpc) is 2.40. The lowest BCUT2D eigenvalue weighted by Gasteiger charge is -2.42. The maximum Gasteiger partial charge on any atom is 0.328 e. The summed E-state index contributed by atoms with van der Waals surface area (Å²) in [6.45, 7) is 4.46. The third-order valence-electron chi connectivity index (χ3n) is 4.33. The molecule has 7 nitrogen and oxygen atoms in total. The van der Waals surface area contributed by atoms with E-state index in [4.69, 9.17) is 0 Å². The molecular weight excluding hydrogens is 262 g/mol. The highest BCUT2D eigenvalue weighted by Crippen LogP contribution is 2.24. The van der Waals surface area contributed by atoms with Crippen molar-refractivity contribution in [2.45, 2.75) is 38.8 Å². The van der Waals surface area contributed by atoms with Gasteiger partial charge in [-0.1, -0.05) is 6.92 Å². The Morgan fingerprint density at radius 2 is 2.00 bits per heavy atom. The lowest BCUT2D eigenvalue weighted by atomic mass is 9.92. The van der Waals surface area contributed by atoms with Crippen molar-refractivity contribution in [2.24, 2.45) is 5.92 Å². The monoisotopic (exact) mass is 283 g/mol. The highest BCUT2D eigenvalue weighted by atomic mass is 16.4. The third kappa shape index (κ3) is 2.71. The second-order valence-electron chi connectivity index (χ2n) is 5.62. The van der Waals surface area contributed by atoms with Gasteiger partial charge >= 0.3 is 12.0 Å². The van der Waals surface area contributed by atoms with Gasteiger partial charge in [-0.05, 0) is 25.7 Å². The van der Waals surface area contributed by atoms with Gasteiger partial charge in [0, 0.05) is 19.1 Å². The Morgan fingerprint density at radius 3 is 2.65 bits per heavy atom. The number of rotatable bonds is 1. The zero-order valence-corrected chi connectivity index (χ0v) is 11.8. The van der Waals surface area contributed by atoms with Crippen molar-refractivity contribution in [3.8, 4) is 0 Å². The summed E-state index contributed by atoms with van der Waals surface area (Å²) in [5.41, 5.74) is 0. The lowest BCUT2D eigenvalue weighted by Crippen LogP contribution is -2.63. The zero-order chi connectivity index (χ0) is 14.9. The molecule has 3 amide bonds. The Hall–Kier alpha value is -1.79. The number of amides is 3. The van der Waals surface area contributed by atoms with Gasteiger partial charge in [0.25, 0.3) is 0 Å². The van der Waals surface area contributed by atoms with Crippen molar-refractivity contribution in [1.82, 2.24) is 15.1 Å². The van der Waals surface area contributed by atoms with Gasteiger partial charge in [-0.15, -0.1) is 0 Å². The Labute approximate surface area is 117 Å². The van der Waals surface area contributed by atoms with Gasteiger partial charge < -0.3 is 15.3 Å². The number of hydrogen-bond donors (Lipinski definition) is 2. The number of aliphatic carboxylic acids is 1. The fourth-order valence-corrected chi connectivity index (χ4v) is 2.83. The number of carboxylic acid groups (broad SMARTS) is 1. The molecule has 0 spiro atoms. The molecule has 2 heterocycles. The molecule has 112 valence electrons. The largest absolute Gasteiger partial charge is 0.480 e. The fourth-order valence-electron chi connectivity index (χ4n) is 2.83. The van der Waals surface area contributed by atoms with Gasteiger partial charge in [0.1, 0.15) is 12.6 Å². The number of nitrogens with zero attached hydrogens (tertiary/aromatic N) is 2. The molecule has 2 aliphatic rings. The quantitative estimate of drug-likeness (QED) is 0.715. The molecule has 2 rings (SSSR count). The summed E-state index contributed by atoms with van der Waals surface area (Å²) in [5.74, 6) is -1.01. The van der Waals surface area contributed by atoms with Crippen LogP contribution < -0.4 is 5.32 Å². The molecule has 3 unspecified atom stereocenters. The fraction of sp³-hybridized carbons (Fsp3) is 0.769. The van der Waals surface area contributed by atoms with Crippen LogP contribution in [0.5, 0.6) is 0 Å². The van der Waals surface area contributed by atoms with Crippen molar-refractivity contribution >= 4 is 17.9 Å². The smallest absolute Gasteiger partial charge is 0.328 e. The first kappa shape index (κ1) is 14.6.